The number of nitro groups is 1. The molecule has 0 spiro atoms. The summed E-state index contributed by atoms with van der Waals surface area (Å²) in [6, 6.07) is 0. The second kappa shape index (κ2) is 3.43. The molecule has 8 heavy (non-hydrogen) atoms. The lowest BCUT2D eigenvalue weighted by Gasteiger charge is -1.81. The molecular formula is C4H6ClNO2. The van der Waals surface area contributed by atoms with Gasteiger partial charge < -0.3 is 0 Å². The zero-order chi connectivity index (χ0) is 6.57. The maximum atomic E-state index is 9.69. The van der Waals surface area contributed by atoms with Crippen molar-refractivity contribution in [2.45, 2.75) is 13.3 Å². The van der Waals surface area contributed by atoms with Crippen molar-refractivity contribution in [3.05, 3.63) is 21.3 Å². The fourth-order valence-electron chi connectivity index (χ4n) is 0.243. The van der Waals surface area contributed by atoms with Crippen LogP contribution in [0.1, 0.15) is 13.3 Å². The third-order valence-electron chi connectivity index (χ3n) is 0.547. The quantitative estimate of drug-likeness (QED) is 0.329. The summed E-state index contributed by atoms with van der Waals surface area (Å²) in [5.41, 5.74) is 0. The first-order chi connectivity index (χ1) is 3.68. The fourth-order valence-corrected chi connectivity index (χ4v) is 0.397. The smallest absolute Gasteiger partial charge is 0.257 e. The van der Waals surface area contributed by atoms with E-state index in [2.05, 4.69) is 0 Å². The van der Waals surface area contributed by atoms with Gasteiger partial charge in [-0.2, -0.15) is 0 Å². The van der Waals surface area contributed by atoms with Crippen LogP contribution in [0.25, 0.3) is 0 Å². The van der Waals surface area contributed by atoms with Crippen LogP contribution < -0.4 is 0 Å². The molecule has 0 radical (unpaired) electrons. The first-order valence-corrected chi connectivity index (χ1v) is 2.56. The van der Waals surface area contributed by atoms with E-state index < -0.39 is 4.92 Å². The summed E-state index contributed by atoms with van der Waals surface area (Å²) in [6.07, 6.45) is 1.95. The zero-order valence-electron chi connectivity index (χ0n) is 4.43. The molecule has 0 atom stereocenters. The van der Waals surface area contributed by atoms with Crippen molar-refractivity contribution in [1.29, 1.82) is 0 Å². The van der Waals surface area contributed by atoms with Crippen molar-refractivity contribution in [2.24, 2.45) is 0 Å². The van der Waals surface area contributed by atoms with Gasteiger partial charge in [0, 0.05) is 6.08 Å². The van der Waals surface area contributed by atoms with Crippen LogP contribution in [0.5, 0.6) is 0 Å². The molecule has 4 heteroatoms. The molecule has 0 aromatic rings. The largest absolute Gasteiger partial charge is 0.333 e. The molecule has 0 aliphatic heterocycles. The van der Waals surface area contributed by atoms with Crippen molar-refractivity contribution >= 4 is 11.6 Å². The summed E-state index contributed by atoms with van der Waals surface area (Å²) in [5, 5.41) is 9.40. The molecule has 0 bridgehead atoms. The summed E-state index contributed by atoms with van der Waals surface area (Å²) in [6.45, 7) is 1.78. The summed E-state index contributed by atoms with van der Waals surface area (Å²) < 4.78 is 0. The number of nitrogens with zero attached hydrogens (tertiary/aromatic N) is 1. The fraction of sp³-hybridized carbons (Fsp3) is 0.500. The Labute approximate surface area is 52.1 Å². The van der Waals surface area contributed by atoms with Gasteiger partial charge in [-0.1, -0.05) is 6.92 Å². The van der Waals surface area contributed by atoms with Crippen LogP contribution in [0.3, 0.4) is 0 Å². The Kier molecular flexibility index (Phi) is 3.19. The van der Waals surface area contributed by atoms with Gasteiger partial charge in [-0.05, 0) is 18.0 Å². The van der Waals surface area contributed by atoms with E-state index in [4.69, 9.17) is 11.6 Å². The SMILES string of the molecule is CC/C=C(\Cl)[N+](=O)[O-]. The van der Waals surface area contributed by atoms with Gasteiger partial charge in [0.05, 0.1) is 4.92 Å². The standard InChI is InChI=1S/C4H6ClNO2/c1-2-3-4(5)6(7)8/h3H,2H2,1H3/b4-3+. The van der Waals surface area contributed by atoms with Crippen molar-refractivity contribution in [3.8, 4) is 0 Å². The van der Waals surface area contributed by atoms with Gasteiger partial charge >= 0.3 is 5.16 Å². The molecule has 0 amide bonds. The van der Waals surface area contributed by atoms with E-state index in [1.165, 1.54) is 6.08 Å². The summed E-state index contributed by atoms with van der Waals surface area (Å²) >= 11 is 5.08. The minimum absolute atomic E-state index is 0.299. The molecule has 0 fully saturated rings. The van der Waals surface area contributed by atoms with E-state index >= 15 is 0 Å². The molecule has 0 aliphatic carbocycles. The van der Waals surface area contributed by atoms with Crippen LogP contribution in [-0.4, -0.2) is 4.92 Å². The lowest BCUT2D eigenvalue weighted by atomic mass is 10.5. The van der Waals surface area contributed by atoms with E-state index in [1.54, 1.807) is 6.92 Å². The predicted molar refractivity (Wildman–Crippen MR) is 31.2 cm³/mol. The zero-order valence-corrected chi connectivity index (χ0v) is 5.18. The van der Waals surface area contributed by atoms with Crippen LogP contribution in [0.15, 0.2) is 11.2 Å². The van der Waals surface area contributed by atoms with E-state index in [0.29, 0.717) is 6.42 Å². The van der Waals surface area contributed by atoms with Gasteiger partial charge in [-0.3, -0.25) is 10.1 Å². The molecule has 0 aromatic carbocycles. The second-order valence-corrected chi connectivity index (χ2v) is 1.58. The lowest BCUT2D eigenvalue weighted by Crippen LogP contribution is -1.89. The van der Waals surface area contributed by atoms with Crippen molar-refractivity contribution in [3.63, 3.8) is 0 Å². The van der Waals surface area contributed by atoms with E-state index in [1.807, 2.05) is 0 Å². The minimum atomic E-state index is -0.620. The molecule has 0 aliphatic rings. The Morgan fingerprint density at radius 2 is 2.50 bits per heavy atom. The van der Waals surface area contributed by atoms with Gasteiger partial charge in [-0.15, -0.1) is 0 Å². The number of rotatable bonds is 2. The number of allylic oxidation sites excluding steroid dienone is 1. The lowest BCUT2D eigenvalue weighted by molar-refractivity contribution is -0.412. The summed E-state index contributed by atoms with van der Waals surface area (Å²) in [4.78, 5) is 9.07. The van der Waals surface area contributed by atoms with E-state index in [9.17, 15) is 10.1 Å². The molecule has 0 saturated carbocycles. The van der Waals surface area contributed by atoms with Gasteiger partial charge in [0.2, 0.25) is 0 Å². The average Bonchev–Trinajstić information content (AvgIpc) is 1.67. The number of hydrogen-bond donors (Lipinski definition) is 0. The molecule has 0 N–H and O–H groups in total. The Hall–Kier alpha value is -0.570. The molecule has 46 valence electrons. The van der Waals surface area contributed by atoms with Crippen molar-refractivity contribution in [1.82, 2.24) is 0 Å². The molecule has 0 heterocycles. The maximum absolute atomic E-state index is 9.69. The van der Waals surface area contributed by atoms with Crippen LogP contribution >= 0.6 is 11.6 Å². The molecular weight excluding hydrogens is 130 g/mol. The normalized spacial score (nSPS) is 11.5. The highest BCUT2D eigenvalue weighted by molar-refractivity contribution is 6.27. The van der Waals surface area contributed by atoms with Crippen molar-refractivity contribution in [2.75, 3.05) is 0 Å². The highest BCUT2D eigenvalue weighted by atomic mass is 35.5. The number of halogens is 1. The first kappa shape index (κ1) is 7.43. The molecule has 0 aromatic heterocycles. The van der Waals surface area contributed by atoms with Gasteiger partial charge in [0.15, 0.2) is 0 Å². The minimum Gasteiger partial charge on any atom is -0.257 e. The summed E-state index contributed by atoms with van der Waals surface area (Å²) in [7, 11) is 0. The van der Waals surface area contributed by atoms with Crippen LogP contribution in [-0.2, 0) is 0 Å². The van der Waals surface area contributed by atoms with E-state index in [0.717, 1.165) is 0 Å². The monoisotopic (exact) mass is 135 g/mol. The molecule has 0 rings (SSSR count). The van der Waals surface area contributed by atoms with Crippen molar-refractivity contribution < 1.29 is 4.92 Å². The highest BCUT2D eigenvalue weighted by Gasteiger charge is 2.00. The van der Waals surface area contributed by atoms with Gasteiger partial charge in [0.25, 0.3) is 0 Å². The molecule has 0 unspecified atom stereocenters. The van der Waals surface area contributed by atoms with Gasteiger partial charge in [0.1, 0.15) is 0 Å². The molecule has 3 nitrogen and oxygen atoms in total. The summed E-state index contributed by atoms with van der Waals surface area (Å²) in [5.74, 6) is 0. The second-order valence-electron chi connectivity index (χ2n) is 1.19. The van der Waals surface area contributed by atoms with Crippen LogP contribution in [0.4, 0.5) is 0 Å². The maximum Gasteiger partial charge on any atom is 0.333 e. The van der Waals surface area contributed by atoms with Gasteiger partial charge in [-0.25, -0.2) is 0 Å². The average molecular weight is 136 g/mol. The highest BCUT2D eigenvalue weighted by Crippen LogP contribution is 2.01. The Morgan fingerprint density at radius 1 is 2.00 bits per heavy atom. The Morgan fingerprint density at radius 3 is 2.62 bits per heavy atom. The first-order valence-electron chi connectivity index (χ1n) is 2.18. The Balaban J connectivity index is 3.80. The predicted octanol–water partition coefficient (Wildman–Crippen LogP) is 1.75. The van der Waals surface area contributed by atoms with Crippen LogP contribution in [0, 0.1) is 10.1 Å². The Bertz CT molecular complexity index is 121. The van der Waals surface area contributed by atoms with Crippen LogP contribution in [0.2, 0.25) is 0 Å². The number of hydrogen-bond acceptors (Lipinski definition) is 2. The van der Waals surface area contributed by atoms with E-state index in [-0.39, 0.29) is 5.16 Å². The topological polar surface area (TPSA) is 43.1 Å². The third kappa shape index (κ3) is 2.58. The third-order valence-corrected chi connectivity index (χ3v) is 0.839. The molecule has 0 saturated heterocycles.